The molecule has 0 spiro atoms. The zero-order valence-corrected chi connectivity index (χ0v) is 23.6. The molecule has 0 radical (unpaired) electrons. The van der Waals surface area contributed by atoms with Crippen LogP contribution >= 0.6 is 55.5 Å². The number of nitrogens with one attached hydrogen (secondary N) is 1. The van der Waals surface area contributed by atoms with E-state index in [9.17, 15) is 14.8 Å². The normalized spacial score (nSPS) is 28.3. The highest BCUT2D eigenvalue weighted by atomic mass is 80.0. The highest BCUT2D eigenvalue weighted by molar-refractivity contribution is 9.39. The Hall–Kier alpha value is -0.260. The van der Waals surface area contributed by atoms with Gasteiger partial charge in [0.2, 0.25) is 0 Å². The van der Waals surface area contributed by atoms with Crippen LogP contribution in [0.3, 0.4) is 0 Å². The molecule has 4 rings (SSSR count). The van der Waals surface area contributed by atoms with Gasteiger partial charge < -0.3 is 25.0 Å². The van der Waals surface area contributed by atoms with Gasteiger partial charge in [-0.25, -0.2) is 24.2 Å². The van der Waals surface area contributed by atoms with Crippen LogP contribution in [-0.4, -0.2) is 101 Å². The summed E-state index contributed by atoms with van der Waals surface area (Å²) >= 11 is 9.95. The number of imidazole rings is 1. The molecule has 2 aromatic rings. The number of alkyl halides is 3. The van der Waals surface area contributed by atoms with Gasteiger partial charge in [0, 0.05) is 20.1 Å². The van der Waals surface area contributed by atoms with E-state index in [0.717, 1.165) is 0 Å². The summed E-state index contributed by atoms with van der Waals surface area (Å²) < 4.78 is 38.6. The van der Waals surface area contributed by atoms with E-state index in [0.29, 0.717) is 43.3 Å². The zero-order chi connectivity index (χ0) is 24.5. The van der Waals surface area contributed by atoms with Crippen molar-refractivity contribution in [3.05, 3.63) is 12.7 Å². The predicted octanol–water partition coefficient (Wildman–Crippen LogP) is 1.80. The van der Waals surface area contributed by atoms with Crippen LogP contribution in [0.1, 0.15) is 6.23 Å². The minimum absolute atomic E-state index is 0.0323. The molecule has 5 atom stereocenters. The summed E-state index contributed by atoms with van der Waals surface area (Å²) in [6.45, 7) is 1.15. The van der Waals surface area contributed by atoms with Gasteiger partial charge in [0.15, 0.2) is 19.8 Å². The fourth-order valence-electron chi connectivity index (χ4n) is 3.64. The SMILES string of the molecule is CNc1ncnc2c1ncn2C1OC(COP(=O)(OCC(Br)(Br)Br)N2CCOCC2)C(O)C1O. The quantitative estimate of drug-likeness (QED) is 0.273. The zero-order valence-electron chi connectivity index (χ0n) is 18.0. The molecule has 34 heavy (non-hydrogen) atoms. The van der Waals surface area contributed by atoms with Gasteiger partial charge in [-0.15, -0.1) is 0 Å². The number of fused-ring (bicyclic) bond motifs is 1. The molecule has 190 valence electrons. The van der Waals surface area contributed by atoms with E-state index in [2.05, 4.69) is 68.1 Å². The Morgan fingerprint density at radius 3 is 2.62 bits per heavy atom. The summed E-state index contributed by atoms with van der Waals surface area (Å²) in [5, 5.41) is 24.3. The molecule has 2 saturated heterocycles. The van der Waals surface area contributed by atoms with Crippen LogP contribution in [0.2, 0.25) is 0 Å². The number of rotatable bonds is 8. The van der Waals surface area contributed by atoms with Crippen LogP contribution in [0.4, 0.5) is 5.82 Å². The molecule has 0 saturated carbocycles. The Kier molecular flexibility index (Phi) is 8.67. The highest BCUT2D eigenvalue weighted by Crippen LogP contribution is 2.54. The van der Waals surface area contributed by atoms with Gasteiger partial charge >= 0.3 is 7.75 Å². The summed E-state index contributed by atoms with van der Waals surface area (Å²) in [7, 11) is -2.07. The first-order valence-corrected chi connectivity index (χ1v) is 14.2. The van der Waals surface area contributed by atoms with E-state index in [1.165, 1.54) is 17.2 Å². The monoisotopic (exact) mass is 692 g/mol. The molecule has 17 heteroatoms. The van der Waals surface area contributed by atoms with E-state index < -0.39 is 34.4 Å². The second-order valence-electron chi connectivity index (χ2n) is 7.56. The van der Waals surface area contributed by atoms with Gasteiger partial charge in [0.25, 0.3) is 0 Å². The van der Waals surface area contributed by atoms with Gasteiger partial charge in [-0.1, -0.05) is 47.8 Å². The largest absolute Gasteiger partial charge is 0.408 e. The third-order valence-corrected chi connectivity index (χ3v) is 8.04. The van der Waals surface area contributed by atoms with Gasteiger partial charge in [0.1, 0.15) is 30.2 Å². The first kappa shape index (κ1) is 26.8. The summed E-state index contributed by atoms with van der Waals surface area (Å²) in [4.78, 5) is 12.6. The lowest BCUT2D eigenvalue weighted by molar-refractivity contribution is -0.0517. The minimum Gasteiger partial charge on any atom is -0.387 e. The Balaban J connectivity index is 1.49. The average Bonchev–Trinajstić information content (AvgIpc) is 3.37. The summed E-state index contributed by atoms with van der Waals surface area (Å²) in [5.41, 5.74) is 0.908. The van der Waals surface area contributed by atoms with Gasteiger partial charge in [-0.3, -0.25) is 13.6 Å². The lowest BCUT2D eigenvalue weighted by Gasteiger charge is -2.34. The molecule has 0 aliphatic carbocycles. The van der Waals surface area contributed by atoms with Gasteiger partial charge in [-0.05, 0) is 0 Å². The van der Waals surface area contributed by atoms with Crippen molar-refractivity contribution in [2.24, 2.45) is 0 Å². The Bertz CT molecular complexity index is 1040. The van der Waals surface area contributed by atoms with Crippen LogP contribution in [0.5, 0.6) is 0 Å². The van der Waals surface area contributed by atoms with E-state index in [4.69, 9.17) is 18.5 Å². The smallest absolute Gasteiger partial charge is 0.387 e. The molecule has 2 aliphatic rings. The molecule has 2 aliphatic heterocycles. The first-order valence-electron chi connectivity index (χ1n) is 10.3. The molecule has 0 amide bonds. The molecular formula is C17H24Br3N6O7P. The van der Waals surface area contributed by atoms with Crippen molar-refractivity contribution in [2.75, 3.05) is 51.9 Å². The van der Waals surface area contributed by atoms with Crippen molar-refractivity contribution in [3.63, 3.8) is 0 Å². The number of hydrogen-bond donors (Lipinski definition) is 3. The lowest BCUT2D eigenvalue weighted by atomic mass is 10.1. The summed E-state index contributed by atoms with van der Waals surface area (Å²) in [6, 6.07) is 0. The molecule has 4 heterocycles. The second kappa shape index (κ2) is 11.0. The average molecular weight is 695 g/mol. The molecule has 3 N–H and O–H groups in total. The minimum atomic E-state index is -3.78. The highest BCUT2D eigenvalue weighted by Gasteiger charge is 2.46. The number of nitrogens with zero attached hydrogens (tertiary/aromatic N) is 5. The van der Waals surface area contributed by atoms with E-state index >= 15 is 0 Å². The van der Waals surface area contributed by atoms with E-state index in [-0.39, 0.29) is 13.2 Å². The number of morpholine rings is 1. The molecule has 0 bridgehead atoms. The maximum absolute atomic E-state index is 13.6. The fourth-order valence-corrected chi connectivity index (χ4v) is 6.26. The first-order chi connectivity index (χ1) is 16.1. The van der Waals surface area contributed by atoms with E-state index in [1.807, 2.05) is 0 Å². The second-order valence-corrected chi connectivity index (χ2v) is 16.8. The number of aliphatic hydroxyl groups excluding tert-OH is 2. The van der Waals surface area contributed by atoms with Crippen LogP contribution in [0.15, 0.2) is 12.7 Å². The van der Waals surface area contributed by atoms with Crippen molar-refractivity contribution in [1.29, 1.82) is 0 Å². The van der Waals surface area contributed by atoms with Crippen molar-refractivity contribution >= 4 is 72.5 Å². The Morgan fingerprint density at radius 1 is 1.21 bits per heavy atom. The number of aliphatic hydroxyl groups is 2. The van der Waals surface area contributed by atoms with Crippen LogP contribution in [0.25, 0.3) is 11.2 Å². The molecular weight excluding hydrogens is 671 g/mol. The van der Waals surface area contributed by atoms with Gasteiger partial charge in [-0.2, -0.15) is 0 Å². The maximum Gasteiger partial charge on any atom is 0.408 e. The lowest BCUT2D eigenvalue weighted by Crippen LogP contribution is -2.37. The van der Waals surface area contributed by atoms with Crippen LogP contribution in [-0.2, 0) is 23.1 Å². The van der Waals surface area contributed by atoms with Crippen molar-refractivity contribution < 1.29 is 33.3 Å². The Labute approximate surface area is 220 Å². The number of anilines is 1. The van der Waals surface area contributed by atoms with Crippen molar-refractivity contribution in [3.8, 4) is 0 Å². The van der Waals surface area contributed by atoms with Crippen molar-refractivity contribution in [1.82, 2.24) is 24.2 Å². The topological polar surface area (TPSA) is 153 Å². The number of aromatic nitrogens is 4. The maximum atomic E-state index is 13.6. The number of halogens is 3. The standard InChI is InChI=1S/C17H24Br3N6O7P/c1-21-14-11-15(23-8-22-14)26(9-24-11)16-13(28)12(27)10(33-16)6-31-34(29,32-7-17(18,19)20)25-2-4-30-5-3-25/h8-10,12-13,16,27-28H,2-7H2,1H3,(H,21,22,23). The van der Waals surface area contributed by atoms with Gasteiger partial charge in [0.05, 0.1) is 32.8 Å². The Morgan fingerprint density at radius 2 is 1.94 bits per heavy atom. The third-order valence-electron chi connectivity index (χ3n) is 5.33. The number of ether oxygens (including phenoxy) is 2. The van der Waals surface area contributed by atoms with Crippen LogP contribution < -0.4 is 5.32 Å². The molecule has 5 unspecified atom stereocenters. The van der Waals surface area contributed by atoms with Crippen molar-refractivity contribution in [2.45, 2.75) is 26.7 Å². The number of hydrogen-bond acceptors (Lipinski definition) is 11. The molecule has 13 nitrogen and oxygen atoms in total. The molecule has 2 aromatic heterocycles. The predicted molar refractivity (Wildman–Crippen MR) is 132 cm³/mol. The van der Waals surface area contributed by atoms with Crippen LogP contribution in [0, 0.1) is 0 Å². The third kappa shape index (κ3) is 5.83. The molecule has 0 aromatic carbocycles. The van der Waals surface area contributed by atoms with E-state index in [1.54, 1.807) is 11.7 Å². The summed E-state index contributed by atoms with van der Waals surface area (Å²) in [5.74, 6) is 0.515. The fraction of sp³-hybridized carbons (Fsp3) is 0.706. The molecule has 2 fully saturated rings. The summed E-state index contributed by atoms with van der Waals surface area (Å²) in [6.07, 6.45) is -1.78.